The van der Waals surface area contributed by atoms with Crippen LogP contribution in [0, 0.1) is 0 Å². The van der Waals surface area contributed by atoms with Gasteiger partial charge in [0.2, 0.25) is 0 Å². The normalized spacial score (nSPS) is 11.2. The standard InChI is InChI=1S/C17H11Cl2NS2/c18-12-1-5-14(6-2-12)20-11-16-9-10-17(22-16)21-15-7-3-13(19)4-8-15/h1-11H. The molecule has 0 N–H and O–H groups in total. The minimum atomic E-state index is 0.719. The third-order valence-electron chi connectivity index (χ3n) is 2.80. The molecule has 0 saturated heterocycles. The summed E-state index contributed by atoms with van der Waals surface area (Å²) < 4.78 is 1.22. The highest BCUT2D eigenvalue weighted by Crippen LogP contribution is 2.33. The number of nitrogens with zero attached hydrogens (tertiary/aromatic N) is 1. The molecule has 0 fully saturated rings. The summed E-state index contributed by atoms with van der Waals surface area (Å²) in [5.41, 5.74) is 0.893. The highest BCUT2D eigenvalue weighted by molar-refractivity contribution is 8.01. The summed E-state index contributed by atoms with van der Waals surface area (Å²) in [6.07, 6.45) is 1.87. The molecule has 1 nitrogen and oxygen atoms in total. The van der Waals surface area contributed by atoms with Gasteiger partial charge in [0.1, 0.15) is 0 Å². The lowest BCUT2D eigenvalue weighted by Crippen LogP contribution is -1.71. The third-order valence-corrected chi connectivity index (χ3v) is 5.47. The summed E-state index contributed by atoms with van der Waals surface area (Å²) in [4.78, 5) is 6.74. The van der Waals surface area contributed by atoms with Gasteiger partial charge in [-0.2, -0.15) is 0 Å². The van der Waals surface area contributed by atoms with Crippen LogP contribution in [0.2, 0.25) is 10.0 Å². The molecular weight excluding hydrogens is 353 g/mol. The van der Waals surface area contributed by atoms with Crippen molar-refractivity contribution in [1.82, 2.24) is 0 Å². The van der Waals surface area contributed by atoms with Gasteiger partial charge >= 0.3 is 0 Å². The monoisotopic (exact) mass is 363 g/mol. The maximum absolute atomic E-state index is 5.90. The van der Waals surface area contributed by atoms with Gasteiger partial charge in [0.15, 0.2) is 0 Å². The molecule has 0 radical (unpaired) electrons. The van der Waals surface area contributed by atoms with Crippen LogP contribution in [0.25, 0.3) is 0 Å². The van der Waals surface area contributed by atoms with Crippen LogP contribution in [0.5, 0.6) is 0 Å². The molecule has 5 heteroatoms. The van der Waals surface area contributed by atoms with Crippen molar-refractivity contribution in [3.05, 3.63) is 75.6 Å². The van der Waals surface area contributed by atoms with E-state index in [2.05, 4.69) is 17.1 Å². The first-order valence-corrected chi connectivity index (χ1v) is 8.91. The first-order valence-electron chi connectivity index (χ1n) is 6.52. The molecular formula is C17H11Cl2NS2. The van der Waals surface area contributed by atoms with E-state index in [1.54, 1.807) is 23.1 Å². The van der Waals surface area contributed by atoms with Crippen molar-refractivity contribution in [2.45, 2.75) is 9.10 Å². The number of aliphatic imine (C=N–C) groups is 1. The van der Waals surface area contributed by atoms with Gasteiger partial charge in [-0.3, -0.25) is 4.99 Å². The highest BCUT2D eigenvalue weighted by atomic mass is 35.5. The van der Waals surface area contributed by atoms with Crippen LogP contribution in [0.15, 0.2) is 74.8 Å². The fourth-order valence-electron chi connectivity index (χ4n) is 1.74. The number of benzene rings is 2. The molecule has 0 amide bonds. The minimum absolute atomic E-state index is 0.719. The molecule has 3 aromatic rings. The number of hydrogen-bond acceptors (Lipinski definition) is 3. The first-order chi connectivity index (χ1) is 10.7. The van der Waals surface area contributed by atoms with Crippen molar-refractivity contribution in [2.24, 2.45) is 4.99 Å². The Hall–Kier alpha value is -1.26. The Bertz CT molecular complexity index is 777. The molecule has 0 aliphatic heterocycles. The third kappa shape index (κ3) is 4.37. The molecule has 22 heavy (non-hydrogen) atoms. The molecule has 2 aromatic carbocycles. The zero-order valence-electron chi connectivity index (χ0n) is 11.4. The average molecular weight is 364 g/mol. The molecule has 3 rings (SSSR count). The molecule has 0 atom stereocenters. The van der Waals surface area contributed by atoms with Gasteiger partial charge in [-0.15, -0.1) is 11.3 Å². The number of thiophene rings is 1. The smallest absolute Gasteiger partial charge is 0.0653 e. The second-order valence-corrected chi connectivity index (χ2v) is 7.81. The van der Waals surface area contributed by atoms with Crippen LogP contribution in [-0.4, -0.2) is 6.21 Å². The highest BCUT2D eigenvalue weighted by Gasteiger charge is 2.01. The van der Waals surface area contributed by atoms with Gasteiger partial charge in [0.25, 0.3) is 0 Å². The summed E-state index contributed by atoms with van der Waals surface area (Å²) in [5, 5.41) is 1.48. The minimum Gasteiger partial charge on any atom is -0.255 e. The van der Waals surface area contributed by atoms with Crippen LogP contribution >= 0.6 is 46.3 Å². The van der Waals surface area contributed by atoms with Crippen LogP contribution in [-0.2, 0) is 0 Å². The molecule has 1 heterocycles. The number of halogens is 2. The van der Waals surface area contributed by atoms with Crippen molar-refractivity contribution in [3.8, 4) is 0 Å². The fourth-order valence-corrected chi connectivity index (χ4v) is 3.99. The van der Waals surface area contributed by atoms with Gasteiger partial charge < -0.3 is 0 Å². The van der Waals surface area contributed by atoms with Crippen molar-refractivity contribution in [1.29, 1.82) is 0 Å². The van der Waals surface area contributed by atoms with Crippen LogP contribution in [0.3, 0.4) is 0 Å². The Morgan fingerprint density at radius 2 is 1.45 bits per heavy atom. The molecule has 0 saturated carbocycles. The van der Waals surface area contributed by atoms with Crippen LogP contribution in [0.4, 0.5) is 5.69 Å². The Kier molecular flexibility index (Phi) is 5.21. The predicted octanol–water partition coefficient (Wildman–Crippen LogP) is 6.96. The Morgan fingerprint density at radius 1 is 0.818 bits per heavy atom. The predicted molar refractivity (Wildman–Crippen MR) is 98.6 cm³/mol. The molecule has 0 spiro atoms. The largest absolute Gasteiger partial charge is 0.255 e. The zero-order valence-corrected chi connectivity index (χ0v) is 14.5. The zero-order chi connectivity index (χ0) is 15.4. The summed E-state index contributed by atoms with van der Waals surface area (Å²) in [5.74, 6) is 0. The van der Waals surface area contributed by atoms with Gasteiger partial charge in [-0.25, -0.2) is 0 Å². The van der Waals surface area contributed by atoms with Gasteiger partial charge in [-0.05, 0) is 60.7 Å². The molecule has 1 aromatic heterocycles. The maximum atomic E-state index is 5.90. The summed E-state index contributed by atoms with van der Waals surface area (Å²) in [6, 6.07) is 19.5. The van der Waals surface area contributed by atoms with E-state index in [0.29, 0.717) is 0 Å². The lowest BCUT2D eigenvalue weighted by atomic mass is 10.3. The lowest BCUT2D eigenvalue weighted by Gasteiger charge is -1.97. The molecule has 0 bridgehead atoms. The van der Waals surface area contributed by atoms with E-state index in [9.17, 15) is 0 Å². The van der Waals surface area contributed by atoms with E-state index in [1.165, 1.54) is 9.10 Å². The van der Waals surface area contributed by atoms with Gasteiger partial charge in [-0.1, -0.05) is 35.0 Å². The van der Waals surface area contributed by atoms with E-state index in [4.69, 9.17) is 23.2 Å². The van der Waals surface area contributed by atoms with Crippen molar-refractivity contribution < 1.29 is 0 Å². The second kappa shape index (κ2) is 7.34. The number of hydrogen-bond donors (Lipinski definition) is 0. The lowest BCUT2D eigenvalue weighted by molar-refractivity contribution is 1.46. The molecule has 0 aliphatic carbocycles. The topological polar surface area (TPSA) is 12.4 Å². The fraction of sp³-hybridized carbons (Fsp3) is 0. The Morgan fingerprint density at radius 3 is 2.14 bits per heavy atom. The molecule has 110 valence electrons. The Labute approximate surface area is 147 Å². The summed E-state index contributed by atoms with van der Waals surface area (Å²) >= 11 is 15.2. The van der Waals surface area contributed by atoms with Gasteiger partial charge in [0, 0.05) is 26.0 Å². The summed E-state index contributed by atoms with van der Waals surface area (Å²) in [6.45, 7) is 0. The Balaban J connectivity index is 1.68. The SMILES string of the molecule is Clc1ccc(N=Cc2ccc(Sc3ccc(Cl)cc3)s2)cc1. The van der Waals surface area contributed by atoms with Crippen molar-refractivity contribution >= 4 is 58.2 Å². The van der Waals surface area contributed by atoms with Crippen LogP contribution < -0.4 is 0 Å². The van der Waals surface area contributed by atoms with E-state index in [1.807, 2.05) is 54.7 Å². The second-order valence-electron chi connectivity index (χ2n) is 4.45. The van der Waals surface area contributed by atoms with E-state index in [0.717, 1.165) is 20.6 Å². The maximum Gasteiger partial charge on any atom is 0.0653 e. The number of rotatable bonds is 4. The summed E-state index contributed by atoms with van der Waals surface area (Å²) in [7, 11) is 0. The molecule has 0 unspecified atom stereocenters. The van der Waals surface area contributed by atoms with Crippen LogP contribution in [0.1, 0.15) is 4.88 Å². The average Bonchev–Trinajstić information content (AvgIpc) is 2.97. The van der Waals surface area contributed by atoms with Crippen molar-refractivity contribution in [3.63, 3.8) is 0 Å². The quantitative estimate of drug-likeness (QED) is 0.456. The first kappa shape index (κ1) is 15.6. The van der Waals surface area contributed by atoms with Crippen molar-refractivity contribution in [2.75, 3.05) is 0 Å². The molecule has 0 aliphatic rings. The van der Waals surface area contributed by atoms with E-state index >= 15 is 0 Å². The van der Waals surface area contributed by atoms with E-state index < -0.39 is 0 Å². The van der Waals surface area contributed by atoms with Gasteiger partial charge in [0.05, 0.1) is 9.90 Å². The van der Waals surface area contributed by atoms with E-state index in [-0.39, 0.29) is 0 Å².